The second kappa shape index (κ2) is 5.53. The lowest BCUT2D eigenvalue weighted by molar-refractivity contribution is 0.366. The van der Waals surface area contributed by atoms with Gasteiger partial charge in [0.15, 0.2) is 23.3 Å². The number of aromatic nitrogens is 3. The zero-order valence-electron chi connectivity index (χ0n) is 10.0. The van der Waals surface area contributed by atoms with Crippen molar-refractivity contribution in [2.75, 3.05) is 6.54 Å². The molecule has 1 aromatic heterocycles. The van der Waals surface area contributed by atoms with Crippen LogP contribution in [0, 0.1) is 29.1 Å². The Morgan fingerprint density at radius 1 is 0.950 bits per heavy atom. The zero-order valence-corrected chi connectivity index (χ0v) is 10.0. The number of rotatable bonds is 4. The van der Waals surface area contributed by atoms with E-state index in [1.807, 2.05) is 0 Å². The predicted molar refractivity (Wildman–Crippen MR) is 58.1 cm³/mol. The van der Waals surface area contributed by atoms with E-state index in [-0.39, 0.29) is 0 Å². The molecule has 0 atom stereocenters. The highest BCUT2D eigenvalue weighted by Crippen LogP contribution is 2.23. The molecule has 0 saturated heterocycles. The highest BCUT2D eigenvalue weighted by molar-refractivity contribution is 5.24. The van der Waals surface area contributed by atoms with Crippen molar-refractivity contribution in [3.05, 3.63) is 46.5 Å². The average Bonchev–Trinajstić information content (AvgIpc) is 2.87. The summed E-state index contributed by atoms with van der Waals surface area (Å²) in [6, 6.07) is 0. The Labute approximate surface area is 110 Å². The molecule has 0 radical (unpaired) electrons. The molecule has 2 rings (SSSR count). The third-order valence-corrected chi connectivity index (χ3v) is 2.61. The second-order valence-electron chi connectivity index (χ2n) is 3.99. The van der Waals surface area contributed by atoms with Crippen LogP contribution in [0.2, 0.25) is 0 Å². The normalized spacial score (nSPS) is 11.1. The number of hydrogen-bond acceptors (Lipinski definition) is 3. The van der Waals surface area contributed by atoms with Gasteiger partial charge in [-0.1, -0.05) is 5.21 Å². The van der Waals surface area contributed by atoms with E-state index < -0.39 is 41.2 Å². The first kappa shape index (κ1) is 14.4. The van der Waals surface area contributed by atoms with Gasteiger partial charge in [0.05, 0.1) is 17.8 Å². The molecule has 2 aromatic rings. The molecular weight excluding hydrogens is 283 g/mol. The first-order valence-electron chi connectivity index (χ1n) is 5.55. The fourth-order valence-electron chi connectivity index (χ4n) is 1.63. The lowest BCUT2D eigenvalue weighted by Gasteiger charge is -2.07. The molecule has 4 nitrogen and oxygen atoms in total. The van der Waals surface area contributed by atoms with Crippen LogP contribution in [0.4, 0.5) is 22.0 Å². The number of nitrogens with zero attached hydrogens (tertiary/aromatic N) is 3. The van der Waals surface area contributed by atoms with Gasteiger partial charge in [-0.25, -0.2) is 26.6 Å². The van der Waals surface area contributed by atoms with Crippen LogP contribution in [0.5, 0.6) is 0 Å². The van der Waals surface area contributed by atoms with Gasteiger partial charge < -0.3 is 5.73 Å². The van der Waals surface area contributed by atoms with Crippen LogP contribution in [0.1, 0.15) is 11.3 Å². The van der Waals surface area contributed by atoms with Crippen LogP contribution in [0.3, 0.4) is 0 Å². The summed E-state index contributed by atoms with van der Waals surface area (Å²) in [6.07, 6.45) is 1.71. The molecule has 0 aliphatic heterocycles. The highest BCUT2D eigenvalue weighted by Gasteiger charge is 2.25. The van der Waals surface area contributed by atoms with Gasteiger partial charge in [-0.05, 0) is 6.54 Å². The third kappa shape index (κ3) is 2.48. The van der Waals surface area contributed by atoms with Crippen molar-refractivity contribution in [3.63, 3.8) is 0 Å². The second-order valence-corrected chi connectivity index (χ2v) is 3.99. The van der Waals surface area contributed by atoms with Crippen molar-refractivity contribution >= 4 is 0 Å². The summed E-state index contributed by atoms with van der Waals surface area (Å²) in [6.45, 7) is -0.329. The van der Waals surface area contributed by atoms with Gasteiger partial charge in [0.25, 0.3) is 0 Å². The molecular formula is C11H9F5N4. The van der Waals surface area contributed by atoms with Crippen molar-refractivity contribution in [1.82, 2.24) is 15.0 Å². The van der Waals surface area contributed by atoms with Crippen LogP contribution in [0.15, 0.2) is 6.20 Å². The minimum absolute atomic E-state index is 0.293. The topological polar surface area (TPSA) is 56.7 Å². The fraction of sp³-hybridized carbons (Fsp3) is 0.273. The molecule has 1 heterocycles. The molecule has 0 aliphatic rings. The Bertz CT molecular complexity index is 611. The molecule has 0 unspecified atom stereocenters. The maximum atomic E-state index is 13.4. The van der Waals surface area contributed by atoms with E-state index in [0.29, 0.717) is 18.7 Å². The minimum Gasteiger partial charge on any atom is -0.330 e. The molecule has 2 N–H and O–H groups in total. The lowest BCUT2D eigenvalue weighted by Crippen LogP contribution is -2.11. The van der Waals surface area contributed by atoms with Crippen molar-refractivity contribution in [3.8, 4) is 0 Å². The van der Waals surface area contributed by atoms with Crippen LogP contribution >= 0.6 is 0 Å². The fourth-order valence-corrected chi connectivity index (χ4v) is 1.63. The summed E-state index contributed by atoms with van der Waals surface area (Å²) in [5.41, 5.74) is 4.78. The average molecular weight is 292 g/mol. The van der Waals surface area contributed by atoms with E-state index in [4.69, 9.17) is 5.73 Å². The summed E-state index contributed by atoms with van der Waals surface area (Å²) in [7, 11) is 0. The summed E-state index contributed by atoms with van der Waals surface area (Å²) >= 11 is 0. The van der Waals surface area contributed by atoms with E-state index in [1.54, 1.807) is 0 Å². The first-order chi connectivity index (χ1) is 9.45. The first-order valence-corrected chi connectivity index (χ1v) is 5.55. The molecule has 0 bridgehead atoms. The van der Waals surface area contributed by atoms with Gasteiger partial charge in [0.2, 0.25) is 5.82 Å². The van der Waals surface area contributed by atoms with Gasteiger partial charge in [-0.2, -0.15) is 0 Å². The minimum atomic E-state index is -2.19. The molecule has 20 heavy (non-hydrogen) atoms. The van der Waals surface area contributed by atoms with Gasteiger partial charge in [-0.15, -0.1) is 5.10 Å². The molecule has 108 valence electrons. The Morgan fingerprint density at radius 2 is 1.50 bits per heavy atom. The molecule has 0 spiro atoms. The van der Waals surface area contributed by atoms with Crippen molar-refractivity contribution in [2.45, 2.75) is 13.0 Å². The van der Waals surface area contributed by atoms with Crippen molar-refractivity contribution < 1.29 is 22.0 Å². The monoisotopic (exact) mass is 292 g/mol. The van der Waals surface area contributed by atoms with Crippen LogP contribution in [0.25, 0.3) is 0 Å². The predicted octanol–water partition coefficient (Wildman–Crippen LogP) is 1.52. The summed E-state index contributed by atoms with van der Waals surface area (Å²) in [4.78, 5) is 0. The molecule has 0 amide bonds. The van der Waals surface area contributed by atoms with Crippen molar-refractivity contribution in [2.24, 2.45) is 5.73 Å². The summed E-state index contributed by atoms with van der Waals surface area (Å²) in [5.74, 6) is -9.91. The summed E-state index contributed by atoms with van der Waals surface area (Å²) in [5, 5.41) is 7.18. The third-order valence-electron chi connectivity index (χ3n) is 2.61. The highest BCUT2D eigenvalue weighted by atomic mass is 19.2. The Hall–Kier alpha value is -2.03. The van der Waals surface area contributed by atoms with Crippen LogP contribution in [-0.4, -0.2) is 21.5 Å². The van der Waals surface area contributed by atoms with Gasteiger partial charge >= 0.3 is 0 Å². The maximum Gasteiger partial charge on any atom is 0.200 e. The SMILES string of the molecule is NCCc1cn(Cc2c(F)c(F)c(F)c(F)c2F)nn1. The van der Waals surface area contributed by atoms with E-state index in [1.165, 1.54) is 6.20 Å². The molecule has 0 saturated carbocycles. The van der Waals surface area contributed by atoms with E-state index in [9.17, 15) is 22.0 Å². The number of benzene rings is 1. The van der Waals surface area contributed by atoms with E-state index >= 15 is 0 Å². The number of hydrogen-bond donors (Lipinski definition) is 1. The largest absolute Gasteiger partial charge is 0.330 e. The number of halogens is 5. The maximum absolute atomic E-state index is 13.4. The van der Waals surface area contributed by atoms with Gasteiger partial charge in [0.1, 0.15) is 0 Å². The van der Waals surface area contributed by atoms with Crippen LogP contribution in [-0.2, 0) is 13.0 Å². The molecule has 0 fully saturated rings. The van der Waals surface area contributed by atoms with E-state index in [0.717, 1.165) is 4.68 Å². The van der Waals surface area contributed by atoms with Crippen LogP contribution < -0.4 is 5.73 Å². The van der Waals surface area contributed by atoms with E-state index in [2.05, 4.69) is 10.3 Å². The Balaban J connectivity index is 2.38. The van der Waals surface area contributed by atoms with Crippen molar-refractivity contribution in [1.29, 1.82) is 0 Å². The Morgan fingerprint density at radius 3 is 2.05 bits per heavy atom. The quantitative estimate of drug-likeness (QED) is 0.528. The molecule has 0 aliphatic carbocycles. The standard InChI is InChI=1S/C11H9F5N4/c12-7-6(8(13)10(15)11(16)9(7)14)4-20-3-5(1-2-17)18-19-20/h3H,1-2,4,17H2. The van der Waals surface area contributed by atoms with Gasteiger partial charge in [0, 0.05) is 12.6 Å². The molecule has 1 aromatic carbocycles. The Kier molecular flexibility index (Phi) is 3.98. The van der Waals surface area contributed by atoms with Gasteiger partial charge in [-0.3, -0.25) is 0 Å². The lowest BCUT2D eigenvalue weighted by atomic mass is 10.1. The molecule has 9 heteroatoms. The smallest absolute Gasteiger partial charge is 0.200 e. The zero-order chi connectivity index (χ0) is 14.9. The number of nitrogens with two attached hydrogens (primary N) is 1. The summed E-state index contributed by atoms with van der Waals surface area (Å²) < 4.78 is 66.7.